The Morgan fingerprint density at radius 3 is 2.16 bits per heavy atom. The van der Waals surface area contributed by atoms with Crippen molar-refractivity contribution in [1.82, 2.24) is 5.32 Å². The minimum absolute atomic E-state index is 0. The maximum Gasteiger partial charge on any atom is 0.337 e. The number of hydrogen-bond acceptors (Lipinski definition) is 6. The van der Waals surface area contributed by atoms with E-state index in [4.69, 9.17) is 13.9 Å². The molecule has 0 unspecified atom stereocenters. The Morgan fingerprint density at radius 2 is 1.64 bits per heavy atom. The average Bonchev–Trinajstić information content (AvgIpc) is 3.09. The van der Waals surface area contributed by atoms with Gasteiger partial charge in [-0.05, 0) is 43.3 Å². The lowest BCUT2D eigenvalue weighted by atomic mass is 10.0. The molecule has 0 atom stereocenters. The number of carbonyl (C=O) groups excluding carboxylic acids is 2. The van der Waals surface area contributed by atoms with Gasteiger partial charge in [-0.1, -0.05) is 6.92 Å². The van der Waals surface area contributed by atoms with Gasteiger partial charge in [0.15, 0.2) is 0 Å². The van der Waals surface area contributed by atoms with Crippen LogP contribution in [-0.2, 0) is 16.0 Å². The third-order valence-electron chi connectivity index (χ3n) is 3.45. The van der Waals surface area contributed by atoms with Gasteiger partial charge < -0.3 is 19.2 Å². The van der Waals surface area contributed by atoms with E-state index < -0.39 is 11.9 Å². The normalized spacial score (nSPS) is 10.0. The molecule has 0 bridgehead atoms. The first-order valence-electron chi connectivity index (χ1n) is 7.70. The van der Waals surface area contributed by atoms with E-state index in [9.17, 15) is 9.59 Å². The van der Waals surface area contributed by atoms with Crippen molar-refractivity contribution in [2.75, 3.05) is 20.8 Å². The first kappa shape index (κ1) is 20.7. The van der Waals surface area contributed by atoms with E-state index in [0.717, 1.165) is 18.7 Å². The van der Waals surface area contributed by atoms with E-state index in [1.54, 1.807) is 18.2 Å². The van der Waals surface area contributed by atoms with Crippen LogP contribution < -0.4 is 5.32 Å². The highest BCUT2D eigenvalue weighted by Crippen LogP contribution is 2.25. The van der Waals surface area contributed by atoms with E-state index in [-0.39, 0.29) is 23.5 Å². The Hall–Kier alpha value is -2.31. The van der Waals surface area contributed by atoms with Crippen LogP contribution in [0.25, 0.3) is 11.3 Å². The van der Waals surface area contributed by atoms with Gasteiger partial charge in [-0.25, -0.2) is 9.59 Å². The summed E-state index contributed by atoms with van der Waals surface area (Å²) in [4.78, 5) is 23.6. The fourth-order valence-electron chi connectivity index (χ4n) is 2.26. The molecule has 2 rings (SSSR count). The van der Waals surface area contributed by atoms with Crippen molar-refractivity contribution >= 4 is 24.3 Å². The summed E-state index contributed by atoms with van der Waals surface area (Å²) in [6.07, 6.45) is 1.04. The first-order chi connectivity index (χ1) is 11.6. The molecule has 0 radical (unpaired) electrons. The fourth-order valence-corrected chi connectivity index (χ4v) is 2.26. The van der Waals surface area contributed by atoms with Crippen molar-refractivity contribution in [1.29, 1.82) is 0 Å². The maximum atomic E-state index is 11.8. The van der Waals surface area contributed by atoms with E-state index in [0.29, 0.717) is 17.9 Å². The lowest BCUT2D eigenvalue weighted by molar-refractivity contribution is 0.0599. The van der Waals surface area contributed by atoms with Crippen molar-refractivity contribution in [3.63, 3.8) is 0 Å². The van der Waals surface area contributed by atoms with Crippen molar-refractivity contribution in [2.24, 2.45) is 0 Å². The van der Waals surface area contributed by atoms with Gasteiger partial charge >= 0.3 is 11.9 Å². The largest absolute Gasteiger partial charge is 0.465 e. The Labute approximate surface area is 152 Å². The number of esters is 2. The summed E-state index contributed by atoms with van der Waals surface area (Å²) >= 11 is 0. The summed E-state index contributed by atoms with van der Waals surface area (Å²) in [7, 11) is 2.58. The minimum atomic E-state index is -0.529. The van der Waals surface area contributed by atoms with Gasteiger partial charge in [-0.3, -0.25) is 0 Å². The number of nitrogens with one attached hydrogen (secondary N) is 1. The van der Waals surface area contributed by atoms with Crippen molar-refractivity contribution in [3.05, 3.63) is 47.2 Å². The van der Waals surface area contributed by atoms with Crippen molar-refractivity contribution in [2.45, 2.75) is 19.9 Å². The van der Waals surface area contributed by atoms with Crippen LogP contribution in [0, 0.1) is 0 Å². The minimum Gasteiger partial charge on any atom is -0.465 e. The van der Waals surface area contributed by atoms with E-state index in [2.05, 4.69) is 12.2 Å². The highest BCUT2D eigenvalue weighted by molar-refractivity contribution is 5.97. The Balaban J connectivity index is 0.00000312. The Morgan fingerprint density at radius 1 is 1.04 bits per heavy atom. The second-order valence-electron chi connectivity index (χ2n) is 5.22. The molecular weight excluding hydrogens is 346 g/mol. The number of furan rings is 1. The molecule has 0 aliphatic rings. The van der Waals surface area contributed by atoms with Gasteiger partial charge in [0.1, 0.15) is 11.5 Å². The molecule has 7 heteroatoms. The predicted molar refractivity (Wildman–Crippen MR) is 96.1 cm³/mol. The summed E-state index contributed by atoms with van der Waals surface area (Å²) in [6.45, 7) is 3.61. The average molecular weight is 368 g/mol. The molecule has 136 valence electrons. The Kier molecular flexibility index (Phi) is 8.18. The van der Waals surface area contributed by atoms with Gasteiger partial charge in [0.2, 0.25) is 0 Å². The summed E-state index contributed by atoms with van der Waals surface area (Å²) in [5.41, 5.74) is 1.13. The molecule has 0 saturated heterocycles. The van der Waals surface area contributed by atoms with Gasteiger partial charge in [-0.15, -0.1) is 12.4 Å². The standard InChI is InChI=1S/C18H21NO5.ClH/c1-4-7-19-11-15-5-6-16(24-15)12-8-13(17(20)22-2)10-14(9-12)18(21)23-3;/h5-6,8-10,19H,4,7,11H2,1-3H3;1H. The number of rotatable bonds is 7. The van der Waals surface area contributed by atoms with Crippen LogP contribution in [0.4, 0.5) is 0 Å². The molecule has 1 aromatic carbocycles. The highest BCUT2D eigenvalue weighted by atomic mass is 35.5. The van der Waals surface area contributed by atoms with E-state index in [1.807, 2.05) is 6.07 Å². The van der Waals surface area contributed by atoms with E-state index >= 15 is 0 Å². The number of halogens is 1. The topological polar surface area (TPSA) is 77.8 Å². The first-order valence-corrected chi connectivity index (χ1v) is 7.70. The van der Waals surface area contributed by atoms with Crippen molar-refractivity contribution in [3.8, 4) is 11.3 Å². The van der Waals surface area contributed by atoms with Gasteiger partial charge in [-0.2, -0.15) is 0 Å². The molecule has 25 heavy (non-hydrogen) atoms. The molecule has 0 amide bonds. The molecule has 1 heterocycles. The number of benzene rings is 1. The molecule has 0 aliphatic heterocycles. The van der Waals surface area contributed by atoms with Gasteiger partial charge in [0, 0.05) is 5.56 Å². The summed E-state index contributed by atoms with van der Waals surface area (Å²) < 4.78 is 15.3. The number of ether oxygens (including phenoxy) is 2. The molecular formula is C18H22ClNO5. The molecule has 0 spiro atoms. The lowest BCUT2D eigenvalue weighted by Crippen LogP contribution is -2.12. The maximum absolute atomic E-state index is 11.8. The number of hydrogen-bond donors (Lipinski definition) is 1. The van der Waals surface area contributed by atoms with Crippen LogP contribution in [0.1, 0.15) is 39.8 Å². The SMILES string of the molecule is CCCNCc1ccc(-c2cc(C(=O)OC)cc(C(=O)OC)c2)o1.Cl. The molecule has 1 aromatic heterocycles. The van der Waals surface area contributed by atoms with Crippen LogP contribution in [0.2, 0.25) is 0 Å². The van der Waals surface area contributed by atoms with Gasteiger partial charge in [0.25, 0.3) is 0 Å². The van der Waals surface area contributed by atoms with Crippen LogP contribution in [-0.4, -0.2) is 32.7 Å². The summed E-state index contributed by atoms with van der Waals surface area (Å²) in [5, 5.41) is 3.25. The fraction of sp³-hybridized carbons (Fsp3) is 0.333. The molecule has 6 nitrogen and oxygen atoms in total. The molecule has 2 aromatic rings. The molecule has 1 N–H and O–H groups in total. The second-order valence-corrected chi connectivity index (χ2v) is 5.22. The van der Waals surface area contributed by atoms with Crippen LogP contribution >= 0.6 is 12.4 Å². The van der Waals surface area contributed by atoms with Crippen LogP contribution in [0.15, 0.2) is 34.7 Å². The van der Waals surface area contributed by atoms with Crippen LogP contribution in [0.3, 0.4) is 0 Å². The molecule has 0 aliphatic carbocycles. The Bertz CT molecular complexity index is 692. The second kappa shape index (κ2) is 9.86. The number of methoxy groups -OCH3 is 2. The third-order valence-corrected chi connectivity index (χ3v) is 3.45. The summed E-state index contributed by atoms with van der Waals surface area (Å²) in [5.74, 6) is 0.289. The third kappa shape index (κ3) is 5.34. The zero-order valence-electron chi connectivity index (χ0n) is 14.5. The molecule has 0 fully saturated rings. The van der Waals surface area contributed by atoms with Crippen molar-refractivity contribution < 1.29 is 23.5 Å². The highest BCUT2D eigenvalue weighted by Gasteiger charge is 2.16. The molecule has 0 saturated carbocycles. The smallest absolute Gasteiger partial charge is 0.337 e. The monoisotopic (exact) mass is 367 g/mol. The predicted octanol–water partition coefficient (Wildman–Crippen LogP) is 3.44. The summed E-state index contributed by atoms with van der Waals surface area (Å²) in [6, 6.07) is 8.36. The zero-order chi connectivity index (χ0) is 17.5. The van der Waals surface area contributed by atoms with Crippen LogP contribution in [0.5, 0.6) is 0 Å². The van der Waals surface area contributed by atoms with E-state index in [1.165, 1.54) is 20.3 Å². The zero-order valence-corrected chi connectivity index (χ0v) is 15.3. The number of carbonyl (C=O) groups is 2. The quantitative estimate of drug-likeness (QED) is 0.596. The lowest BCUT2D eigenvalue weighted by Gasteiger charge is -2.06. The van der Waals surface area contributed by atoms with Gasteiger partial charge in [0.05, 0.1) is 31.9 Å².